The lowest BCUT2D eigenvalue weighted by atomic mass is 9.97. The second-order valence-electron chi connectivity index (χ2n) is 7.47. The minimum atomic E-state index is -1.66. The van der Waals surface area contributed by atoms with Crippen LogP contribution in [0.3, 0.4) is 0 Å². The highest BCUT2D eigenvalue weighted by atomic mass is 32.2. The molecular formula is C25H22N2O5S. The van der Waals surface area contributed by atoms with Crippen LogP contribution in [0, 0.1) is 0 Å². The van der Waals surface area contributed by atoms with Crippen LogP contribution < -0.4 is 10.1 Å². The van der Waals surface area contributed by atoms with Crippen molar-refractivity contribution in [3.63, 3.8) is 0 Å². The number of nitrogens with one attached hydrogen (secondary N) is 1. The van der Waals surface area contributed by atoms with Gasteiger partial charge in [-0.3, -0.25) is 19.9 Å². The molecule has 0 unspecified atom stereocenters. The minimum Gasteiger partial charge on any atom is -0.493 e. The number of ether oxygens (including phenoxy) is 2. The van der Waals surface area contributed by atoms with Gasteiger partial charge >= 0.3 is 5.97 Å². The van der Waals surface area contributed by atoms with E-state index in [1.54, 1.807) is 30.5 Å². The summed E-state index contributed by atoms with van der Waals surface area (Å²) in [4.78, 5) is 41.8. The first kappa shape index (κ1) is 22.5. The van der Waals surface area contributed by atoms with Crippen molar-refractivity contribution in [1.82, 2.24) is 10.3 Å². The number of rotatable bonds is 9. The molecule has 0 bridgehead atoms. The van der Waals surface area contributed by atoms with Crippen LogP contribution in [0.2, 0.25) is 0 Å². The van der Waals surface area contributed by atoms with Gasteiger partial charge in [0, 0.05) is 24.7 Å². The maximum Gasteiger partial charge on any atom is 0.333 e. The molecule has 1 atom stereocenters. The first-order valence-electron chi connectivity index (χ1n) is 10.4. The van der Waals surface area contributed by atoms with Crippen LogP contribution in [0.4, 0.5) is 4.79 Å². The van der Waals surface area contributed by atoms with Gasteiger partial charge in [-0.1, -0.05) is 48.5 Å². The van der Waals surface area contributed by atoms with E-state index in [1.165, 1.54) is 0 Å². The number of carbonyl (C=O) groups excluding carboxylic acids is 3. The highest BCUT2D eigenvalue weighted by Crippen LogP contribution is 2.37. The van der Waals surface area contributed by atoms with Crippen LogP contribution in [0.1, 0.15) is 16.8 Å². The summed E-state index contributed by atoms with van der Waals surface area (Å²) in [5, 5.41) is 1.65. The Bertz CT molecular complexity index is 1120. The number of pyridine rings is 1. The normalized spacial score (nSPS) is 17.5. The van der Waals surface area contributed by atoms with Crippen LogP contribution in [0.5, 0.6) is 5.75 Å². The molecule has 7 nitrogen and oxygen atoms in total. The number of imide groups is 1. The zero-order chi connectivity index (χ0) is 23.1. The monoisotopic (exact) mass is 462 g/mol. The zero-order valence-corrected chi connectivity index (χ0v) is 18.5. The van der Waals surface area contributed by atoms with Crippen LogP contribution in [-0.2, 0) is 33.8 Å². The van der Waals surface area contributed by atoms with Crippen LogP contribution in [0.25, 0.3) is 0 Å². The Morgan fingerprint density at radius 2 is 1.70 bits per heavy atom. The van der Waals surface area contributed by atoms with E-state index in [-0.39, 0.29) is 13.0 Å². The Morgan fingerprint density at radius 1 is 0.939 bits per heavy atom. The molecule has 4 rings (SSSR count). The van der Waals surface area contributed by atoms with Crippen molar-refractivity contribution < 1.29 is 23.9 Å². The fourth-order valence-electron chi connectivity index (χ4n) is 3.40. The number of nitrogens with zero attached hydrogens (tertiary/aromatic N) is 1. The maximum atomic E-state index is 13.0. The van der Waals surface area contributed by atoms with Gasteiger partial charge in [-0.05, 0) is 47.2 Å². The van der Waals surface area contributed by atoms with Crippen molar-refractivity contribution >= 4 is 28.9 Å². The molecule has 1 aromatic heterocycles. The molecule has 3 aromatic rings. The van der Waals surface area contributed by atoms with Gasteiger partial charge in [-0.25, -0.2) is 4.79 Å². The van der Waals surface area contributed by atoms with Crippen molar-refractivity contribution in [2.45, 2.75) is 24.2 Å². The van der Waals surface area contributed by atoms with E-state index in [0.29, 0.717) is 36.1 Å². The first-order valence-corrected chi connectivity index (χ1v) is 11.2. The fraction of sp³-hybridized carbons (Fsp3) is 0.200. The molecule has 0 radical (unpaired) electrons. The summed E-state index contributed by atoms with van der Waals surface area (Å²) < 4.78 is 9.53. The molecule has 1 N–H and O–H groups in total. The molecule has 168 valence electrons. The molecule has 0 saturated carbocycles. The fourth-order valence-corrected chi connectivity index (χ4v) is 4.38. The average Bonchev–Trinajstić information content (AvgIpc) is 3.13. The van der Waals surface area contributed by atoms with Gasteiger partial charge < -0.3 is 9.47 Å². The van der Waals surface area contributed by atoms with Gasteiger partial charge in [0.2, 0.25) is 4.75 Å². The molecule has 0 spiro atoms. The topological polar surface area (TPSA) is 94.6 Å². The van der Waals surface area contributed by atoms with Crippen LogP contribution >= 0.6 is 11.8 Å². The van der Waals surface area contributed by atoms with E-state index in [2.05, 4.69) is 10.3 Å². The predicted molar refractivity (Wildman–Crippen MR) is 124 cm³/mol. The van der Waals surface area contributed by atoms with E-state index < -0.39 is 21.9 Å². The number of thioether (sulfide) groups is 1. The Labute approximate surface area is 195 Å². The van der Waals surface area contributed by atoms with Crippen molar-refractivity contribution in [3.8, 4) is 5.75 Å². The van der Waals surface area contributed by atoms with Gasteiger partial charge in [0.1, 0.15) is 12.4 Å². The third-order valence-corrected chi connectivity index (χ3v) is 6.25. The largest absolute Gasteiger partial charge is 0.493 e. The molecule has 1 aliphatic heterocycles. The molecule has 1 fully saturated rings. The lowest BCUT2D eigenvalue weighted by Crippen LogP contribution is -2.46. The SMILES string of the molecule is O=C1NC(=O)[C@](Cc2ccc(OCCc3ccccn3)cc2)(C(=O)OCc2ccccc2)S1. The smallest absolute Gasteiger partial charge is 0.333 e. The lowest BCUT2D eigenvalue weighted by molar-refractivity contribution is -0.150. The molecule has 8 heteroatoms. The van der Waals surface area contributed by atoms with Crippen molar-refractivity contribution in [2.75, 3.05) is 6.61 Å². The molecule has 0 aliphatic carbocycles. The standard InChI is InChI=1S/C25H22N2O5S/c28-22-25(33-24(30)27-22,23(29)32-17-19-6-2-1-3-7-19)16-18-9-11-21(12-10-18)31-15-13-20-8-4-5-14-26-20/h1-12,14H,13,15-17H2,(H,27,28,30)/t25-/m1/s1. The third kappa shape index (κ3) is 5.59. The van der Waals surface area contributed by atoms with E-state index >= 15 is 0 Å². The Morgan fingerprint density at radius 3 is 2.36 bits per heavy atom. The summed E-state index contributed by atoms with van der Waals surface area (Å²) >= 11 is 0.663. The van der Waals surface area contributed by atoms with E-state index in [4.69, 9.17) is 9.47 Å². The van der Waals surface area contributed by atoms with Gasteiger partial charge in [0.05, 0.1) is 6.61 Å². The second kappa shape index (κ2) is 10.3. The summed E-state index contributed by atoms with van der Waals surface area (Å²) in [6, 6.07) is 22.0. The Hall–Kier alpha value is -3.65. The highest BCUT2D eigenvalue weighted by molar-refractivity contribution is 8.16. The van der Waals surface area contributed by atoms with Crippen molar-refractivity contribution in [2.24, 2.45) is 0 Å². The van der Waals surface area contributed by atoms with Crippen LogP contribution in [-0.4, -0.2) is 33.5 Å². The molecule has 1 saturated heterocycles. The molecule has 33 heavy (non-hydrogen) atoms. The van der Waals surface area contributed by atoms with E-state index in [0.717, 1.165) is 11.3 Å². The number of carbonyl (C=O) groups is 3. The van der Waals surface area contributed by atoms with Gasteiger partial charge in [0.15, 0.2) is 0 Å². The van der Waals surface area contributed by atoms with E-state index in [1.807, 2.05) is 48.5 Å². The van der Waals surface area contributed by atoms with Crippen molar-refractivity contribution in [3.05, 3.63) is 95.8 Å². The maximum absolute atomic E-state index is 13.0. The third-order valence-electron chi connectivity index (χ3n) is 5.12. The summed E-state index contributed by atoms with van der Waals surface area (Å²) in [5.41, 5.74) is 2.45. The number of amides is 2. The van der Waals surface area contributed by atoms with Crippen LogP contribution in [0.15, 0.2) is 79.0 Å². The molecule has 2 heterocycles. The number of aromatic nitrogens is 1. The quantitative estimate of drug-likeness (QED) is 0.383. The number of benzene rings is 2. The molecule has 2 amide bonds. The average molecular weight is 463 g/mol. The predicted octanol–water partition coefficient (Wildman–Crippen LogP) is 3.71. The molecule has 2 aromatic carbocycles. The summed E-state index contributed by atoms with van der Waals surface area (Å²) in [6.45, 7) is 0.491. The highest BCUT2D eigenvalue weighted by Gasteiger charge is 2.55. The number of hydrogen-bond donors (Lipinski definition) is 1. The summed E-state index contributed by atoms with van der Waals surface area (Å²) in [6.07, 6.45) is 2.45. The number of esters is 1. The van der Waals surface area contributed by atoms with Gasteiger partial charge in [-0.2, -0.15) is 0 Å². The van der Waals surface area contributed by atoms with Gasteiger partial charge in [0.25, 0.3) is 11.1 Å². The minimum absolute atomic E-state index is 0.0203. The summed E-state index contributed by atoms with van der Waals surface area (Å²) in [5.74, 6) is -0.739. The Balaban J connectivity index is 1.40. The first-order chi connectivity index (χ1) is 16.0. The van der Waals surface area contributed by atoms with E-state index in [9.17, 15) is 14.4 Å². The zero-order valence-electron chi connectivity index (χ0n) is 17.7. The number of hydrogen-bond acceptors (Lipinski definition) is 7. The lowest BCUT2D eigenvalue weighted by Gasteiger charge is -2.22. The van der Waals surface area contributed by atoms with Gasteiger partial charge in [-0.15, -0.1) is 0 Å². The Kier molecular flexibility index (Phi) is 7.04. The van der Waals surface area contributed by atoms with Crippen molar-refractivity contribution in [1.29, 1.82) is 0 Å². The second-order valence-corrected chi connectivity index (χ2v) is 8.74. The summed E-state index contributed by atoms with van der Waals surface area (Å²) in [7, 11) is 0. The molecule has 1 aliphatic rings. The molecular weight excluding hydrogens is 440 g/mol.